The summed E-state index contributed by atoms with van der Waals surface area (Å²) in [7, 11) is 0. The maximum absolute atomic E-state index is 11.7. The topological polar surface area (TPSA) is 96.5 Å². The average molecular weight is 268 g/mol. The van der Waals surface area contributed by atoms with Gasteiger partial charge < -0.3 is 10.3 Å². The Kier molecular flexibility index (Phi) is 3.08. The molecule has 3 aromatic rings. The van der Waals surface area contributed by atoms with E-state index in [9.17, 15) is 4.79 Å². The molecule has 3 rings (SSSR count). The second kappa shape index (κ2) is 5.04. The van der Waals surface area contributed by atoms with Gasteiger partial charge in [0.1, 0.15) is 5.82 Å². The second-order valence-electron chi connectivity index (χ2n) is 4.29. The van der Waals surface area contributed by atoms with Gasteiger partial charge in [0, 0.05) is 12.4 Å². The Balaban J connectivity index is 1.92. The number of rotatable bonds is 3. The first-order valence-corrected chi connectivity index (χ1v) is 6.11. The lowest BCUT2D eigenvalue weighted by molar-refractivity contribution is 0.821. The lowest BCUT2D eigenvalue weighted by Crippen LogP contribution is -2.12. The molecule has 0 amide bonds. The minimum absolute atomic E-state index is 0.0654. The highest BCUT2D eigenvalue weighted by Crippen LogP contribution is 2.16. The van der Waals surface area contributed by atoms with Crippen LogP contribution in [0.5, 0.6) is 0 Å². The number of anilines is 1. The first-order chi connectivity index (χ1) is 9.74. The van der Waals surface area contributed by atoms with Crippen molar-refractivity contribution in [3.8, 4) is 0 Å². The molecule has 20 heavy (non-hydrogen) atoms. The largest absolute Gasteiger partial charge is 0.362 e. The number of nitrogens with zero attached hydrogens (tertiary/aromatic N) is 4. The van der Waals surface area contributed by atoms with Crippen LogP contribution in [0.25, 0.3) is 11.0 Å². The van der Waals surface area contributed by atoms with Crippen molar-refractivity contribution in [1.29, 1.82) is 0 Å². The molecule has 0 radical (unpaired) electrons. The summed E-state index contributed by atoms with van der Waals surface area (Å²) in [5.41, 5.74) is 1.41. The molecule has 7 nitrogen and oxygen atoms in total. The van der Waals surface area contributed by atoms with E-state index in [-0.39, 0.29) is 11.6 Å². The van der Waals surface area contributed by atoms with Crippen LogP contribution >= 0.6 is 0 Å². The zero-order valence-electron chi connectivity index (χ0n) is 10.7. The minimum atomic E-state index is -0.259. The normalized spacial score (nSPS) is 12.2. The van der Waals surface area contributed by atoms with Crippen LogP contribution in [0.15, 0.2) is 41.8 Å². The van der Waals surface area contributed by atoms with Crippen molar-refractivity contribution in [2.45, 2.75) is 13.0 Å². The summed E-state index contributed by atoms with van der Waals surface area (Å²) in [4.78, 5) is 30.8. The van der Waals surface area contributed by atoms with Gasteiger partial charge in [0.2, 0.25) is 0 Å². The Morgan fingerprint density at radius 2 is 2.15 bits per heavy atom. The Bertz CT molecular complexity index is 785. The van der Waals surface area contributed by atoms with Crippen molar-refractivity contribution < 1.29 is 0 Å². The molecule has 0 aliphatic rings. The Hall–Kier alpha value is -2.83. The first kappa shape index (κ1) is 12.2. The molecule has 0 spiro atoms. The lowest BCUT2D eigenvalue weighted by atomic mass is 10.2. The fourth-order valence-corrected chi connectivity index (χ4v) is 1.86. The van der Waals surface area contributed by atoms with Gasteiger partial charge in [-0.05, 0) is 19.1 Å². The number of aromatic amines is 1. The highest BCUT2D eigenvalue weighted by molar-refractivity contribution is 5.74. The van der Waals surface area contributed by atoms with Crippen molar-refractivity contribution >= 4 is 16.9 Å². The smallest absolute Gasteiger partial charge is 0.277 e. The lowest BCUT2D eigenvalue weighted by Gasteiger charge is -2.13. The molecular formula is C13H12N6O. The van der Waals surface area contributed by atoms with E-state index in [4.69, 9.17) is 0 Å². The van der Waals surface area contributed by atoms with Gasteiger partial charge in [-0.2, -0.15) is 0 Å². The standard InChI is InChI=1S/C13H12N6O/c1-8(10-6-14-4-5-15-10)18-11-3-2-9-12(19-11)13(20)17-7-16-9/h2-8H,1H3,(H,18,19)(H,16,17,20). The predicted molar refractivity (Wildman–Crippen MR) is 74.2 cm³/mol. The first-order valence-electron chi connectivity index (χ1n) is 6.11. The molecule has 0 saturated heterocycles. The number of hydrogen-bond acceptors (Lipinski definition) is 6. The van der Waals surface area contributed by atoms with E-state index < -0.39 is 0 Å². The highest BCUT2D eigenvalue weighted by atomic mass is 16.1. The number of pyridine rings is 1. The molecule has 2 N–H and O–H groups in total. The maximum atomic E-state index is 11.7. The van der Waals surface area contributed by atoms with Gasteiger partial charge in [0.25, 0.3) is 5.56 Å². The van der Waals surface area contributed by atoms with E-state index in [1.54, 1.807) is 30.7 Å². The summed E-state index contributed by atoms with van der Waals surface area (Å²) in [5.74, 6) is 0.592. The van der Waals surface area contributed by atoms with Gasteiger partial charge in [-0.1, -0.05) is 0 Å². The number of aromatic nitrogens is 5. The molecule has 3 aromatic heterocycles. The number of hydrogen-bond donors (Lipinski definition) is 2. The zero-order valence-corrected chi connectivity index (χ0v) is 10.7. The molecule has 0 aliphatic heterocycles. The highest BCUT2D eigenvalue weighted by Gasteiger charge is 2.09. The van der Waals surface area contributed by atoms with Crippen LogP contribution in [0.4, 0.5) is 5.82 Å². The van der Waals surface area contributed by atoms with Crippen molar-refractivity contribution in [1.82, 2.24) is 24.9 Å². The summed E-state index contributed by atoms with van der Waals surface area (Å²) < 4.78 is 0. The SMILES string of the molecule is CC(Nc1ccc2nc[nH]c(=O)c2n1)c1cnccn1. The molecule has 0 aromatic carbocycles. The molecule has 0 aliphatic carbocycles. The average Bonchev–Trinajstić information content (AvgIpc) is 2.49. The molecule has 1 unspecified atom stereocenters. The number of fused-ring (bicyclic) bond motifs is 1. The Labute approximate surface area is 114 Å². The number of H-pyrrole nitrogens is 1. The molecule has 0 fully saturated rings. The molecular weight excluding hydrogens is 256 g/mol. The van der Waals surface area contributed by atoms with Crippen LogP contribution in [0.3, 0.4) is 0 Å². The summed E-state index contributed by atoms with van der Waals surface area (Å²) >= 11 is 0. The third-order valence-corrected chi connectivity index (χ3v) is 2.88. The van der Waals surface area contributed by atoms with Gasteiger partial charge in [0.15, 0.2) is 5.52 Å². The summed E-state index contributed by atoms with van der Waals surface area (Å²) in [6, 6.07) is 3.47. The monoisotopic (exact) mass is 268 g/mol. The Morgan fingerprint density at radius 1 is 1.25 bits per heavy atom. The van der Waals surface area contributed by atoms with E-state index in [2.05, 4.69) is 30.2 Å². The molecule has 0 saturated carbocycles. The summed E-state index contributed by atoms with van der Waals surface area (Å²) in [6.07, 6.45) is 6.31. The van der Waals surface area contributed by atoms with Crippen LogP contribution < -0.4 is 10.9 Å². The van der Waals surface area contributed by atoms with E-state index in [1.807, 2.05) is 6.92 Å². The van der Waals surface area contributed by atoms with Gasteiger partial charge in [-0.15, -0.1) is 0 Å². The zero-order chi connectivity index (χ0) is 13.9. The molecule has 3 heterocycles. The Morgan fingerprint density at radius 3 is 2.95 bits per heavy atom. The third-order valence-electron chi connectivity index (χ3n) is 2.88. The molecule has 1 atom stereocenters. The van der Waals surface area contributed by atoms with Crippen molar-refractivity contribution in [3.05, 3.63) is 53.1 Å². The van der Waals surface area contributed by atoms with E-state index in [0.717, 1.165) is 5.69 Å². The van der Waals surface area contributed by atoms with Crippen LogP contribution in [0.2, 0.25) is 0 Å². The summed E-state index contributed by atoms with van der Waals surface area (Å²) in [5, 5.41) is 3.18. The number of nitrogens with one attached hydrogen (secondary N) is 2. The van der Waals surface area contributed by atoms with Crippen LogP contribution in [0, 0.1) is 0 Å². The van der Waals surface area contributed by atoms with Crippen LogP contribution in [0.1, 0.15) is 18.7 Å². The van der Waals surface area contributed by atoms with Crippen molar-refractivity contribution in [2.75, 3.05) is 5.32 Å². The quantitative estimate of drug-likeness (QED) is 0.742. The molecule has 100 valence electrons. The van der Waals surface area contributed by atoms with Gasteiger partial charge in [-0.25, -0.2) is 9.97 Å². The van der Waals surface area contributed by atoms with Gasteiger partial charge in [0.05, 0.1) is 29.8 Å². The van der Waals surface area contributed by atoms with E-state index >= 15 is 0 Å². The predicted octanol–water partition coefficient (Wildman–Crippen LogP) is 1.28. The van der Waals surface area contributed by atoms with E-state index in [0.29, 0.717) is 16.9 Å². The summed E-state index contributed by atoms with van der Waals surface area (Å²) in [6.45, 7) is 1.95. The second-order valence-corrected chi connectivity index (χ2v) is 4.29. The maximum Gasteiger partial charge on any atom is 0.277 e. The third kappa shape index (κ3) is 2.33. The minimum Gasteiger partial charge on any atom is -0.362 e. The van der Waals surface area contributed by atoms with Gasteiger partial charge >= 0.3 is 0 Å². The van der Waals surface area contributed by atoms with E-state index in [1.165, 1.54) is 6.33 Å². The van der Waals surface area contributed by atoms with Crippen molar-refractivity contribution in [2.24, 2.45) is 0 Å². The fourth-order valence-electron chi connectivity index (χ4n) is 1.86. The van der Waals surface area contributed by atoms with Crippen molar-refractivity contribution in [3.63, 3.8) is 0 Å². The van der Waals surface area contributed by atoms with Gasteiger partial charge in [-0.3, -0.25) is 14.8 Å². The molecule has 0 bridgehead atoms. The van der Waals surface area contributed by atoms with Crippen LogP contribution in [-0.2, 0) is 0 Å². The van der Waals surface area contributed by atoms with Crippen LogP contribution in [-0.4, -0.2) is 24.9 Å². The fraction of sp³-hybridized carbons (Fsp3) is 0.154. The molecule has 7 heteroatoms.